The van der Waals surface area contributed by atoms with Crippen molar-refractivity contribution in [2.24, 2.45) is 4.99 Å². The van der Waals surface area contributed by atoms with E-state index in [4.69, 9.17) is 4.42 Å². The average molecular weight is 356 g/mol. The van der Waals surface area contributed by atoms with Crippen LogP contribution < -0.4 is 5.32 Å². The third kappa shape index (κ3) is 5.80. The molecule has 0 bridgehead atoms. The highest BCUT2D eigenvalue weighted by molar-refractivity contribution is 7.98. The molecule has 1 aromatic heterocycles. The number of hydrogen-bond acceptors (Lipinski definition) is 5. The van der Waals surface area contributed by atoms with Crippen LogP contribution in [0.4, 0.5) is 17.4 Å². The summed E-state index contributed by atoms with van der Waals surface area (Å²) in [5.41, 5.74) is 2.66. The van der Waals surface area contributed by atoms with Gasteiger partial charge in [0.25, 0.3) is 6.01 Å². The summed E-state index contributed by atoms with van der Waals surface area (Å²) in [5.74, 6) is 0.681. The molecule has 0 saturated heterocycles. The molecule has 0 aliphatic carbocycles. The molecule has 0 spiro atoms. The maximum Gasteiger partial charge on any atom is 0.299 e. The topological polar surface area (TPSA) is 50.4 Å². The predicted molar refractivity (Wildman–Crippen MR) is 112 cm³/mol. The van der Waals surface area contributed by atoms with Crippen LogP contribution in [0.5, 0.6) is 0 Å². The summed E-state index contributed by atoms with van der Waals surface area (Å²) >= 11 is 1.61. The summed E-state index contributed by atoms with van der Waals surface area (Å²) in [4.78, 5) is 9.30. The quantitative estimate of drug-likeness (QED) is 0.343. The molecule has 5 heteroatoms. The van der Waals surface area contributed by atoms with Gasteiger partial charge in [0.15, 0.2) is 5.76 Å². The average Bonchev–Trinajstić information content (AvgIpc) is 3.11. The van der Waals surface area contributed by atoms with Crippen molar-refractivity contribution in [3.63, 3.8) is 0 Å². The number of benzene rings is 1. The van der Waals surface area contributed by atoms with Crippen molar-refractivity contribution in [2.45, 2.75) is 25.7 Å². The third-order valence-corrected chi connectivity index (χ3v) is 3.80. The number of allylic oxidation sites excluding steroid dienone is 5. The van der Waals surface area contributed by atoms with Crippen LogP contribution in [-0.2, 0) is 0 Å². The van der Waals surface area contributed by atoms with E-state index in [0.717, 1.165) is 21.8 Å². The van der Waals surface area contributed by atoms with Crippen LogP contribution >= 0.6 is 11.8 Å². The number of hydrogen-bond donors (Lipinski definition) is 1. The molecule has 4 nitrogen and oxygen atoms in total. The summed E-state index contributed by atoms with van der Waals surface area (Å²) in [6, 6.07) is 6.25. The molecule has 0 fully saturated rings. The standard InChI is InChI=1S/C18H19N3OS.C2H6/c1-5-7-13(8-6-2)16-12-20-18(22-16)21-14-9-10-15(19-3)17(11-14)23-4;1-2/h5-12H,1,3H2,2,4H3,(H,20,21);1-2H3/b8-6-,13-7+;. The largest absolute Gasteiger partial charge is 0.423 e. The molecule has 1 aromatic carbocycles. The molecule has 0 saturated carbocycles. The zero-order valence-electron chi connectivity index (χ0n) is 15.2. The van der Waals surface area contributed by atoms with Crippen LogP contribution in [0.3, 0.4) is 0 Å². The van der Waals surface area contributed by atoms with Crippen molar-refractivity contribution >= 4 is 41.4 Å². The Bertz CT molecular complexity index is 760. The molecule has 0 radical (unpaired) electrons. The zero-order chi connectivity index (χ0) is 18.7. The summed E-state index contributed by atoms with van der Waals surface area (Å²) < 4.78 is 5.75. The highest BCUT2D eigenvalue weighted by Gasteiger charge is 2.08. The molecule has 1 N–H and O–H groups in total. The van der Waals surface area contributed by atoms with Crippen LogP contribution in [0.1, 0.15) is 26.5 Å². The second-order valence-electron chi connectivity index (χ2n) is 4.56. The van der Waals surface area contributed by atoms with Gasteiger partial charge in [-0.25, -0.2) is 4.98 Å². The molecule has 25 heavy (non-hydrogen) atoms. The van der Waals surface area contributed by atoms with E-state index in [1.54, 1.807) is 24.0 Å². The van der Waals surface area contributed by atoms with Crippen molar-refractivity contribution in [2.75, 3.05) is 11.6 Å². The minimum Gasteiger partial charge on any atom is -0.423 e. The second-order valence-corrected chi connectivity index (χ2v) is 5.41. The van der Waals surface area contributed by atoms with Gasteiger partial charge in [-0.05, 0) is 38.1 Å². The third-order valence-electron chi connectivity index (χ3n) is 3.04. The molecule has 0 atom stereocenters. The fraction of sp³-hybridized carbons (Fsp3) is 0.200. The van der Waals surface area contributed by atoms with Crippen molar-refractivity contribution in [3.05, 3.63) is 61.0 Å². The van der Waals surface area contributed by atoms with Gasteiger partial charge in [-0.2, -0.15) is 0 Å². The summed E-state index contributed by atoms with van der Waals surface area (Å²) in [6.45, 7) is 13.2. The Hall–Kier alpha value is -2.53. The lowest BCUT2D eigenvalue weighted by Gasteiger charge is -2.06. The van der Waals surface area contributed by atoms with E-state index in [0.29, 0.717) is 11.8 Å². The number of nitrogens with one attached hydrogen (secondary N) is 1. The van der Waals surface area contributed by atoms with Gasteiger partial charge in [-0.1, -0.05) is 44.7 Å². The van der Waals surface area contributed by atoms with Gasteiger partial charge in [0.2, 0.25) is 0 Å². The second kappa shape index (κ2) is 11.1. The number of aromatic nitrogens is 1. The lowest BCUT2D eigenvalue weighted by atomic mass is 10.2. The first-order valence-corrected chi connectivity index (χ1v) is 9.27. The van der Waals surface area contributed by atoms with Gasteiger partial charge in [-0.3, -0.25) is 4.99 Å². The van der Waals surface area contributed by atoms with E-state index in [9.17, 15) is 0 Å². The van der Waals surface area contributed by atoms with E-state index >= 15 is 0 Å². The van der Waals surface area contributed by atoms with Crippen molar-refractivity contribution in [3.8, 4) is 0 Å². The summed E-state index contributed by atoms with van der Waals surface area (Å²) in [7, 11) is 0. The first-order chi connectivity index (χ1) is 12.2. The first-order valence-electron chi connectivity index (χ1n) is 8.05. The van der Waals surface area contributed by atoms with E-state index in [2.05, 4.69) is 28.6 Å². The van der Waals surface area contributed by atoms with Gasteiger partial charge < -0.3 is 9.73 Å². The van der Waals surface area contributed by atoms with Gasteiger partial charge in [0, 0.05) is 16.2 Å². The normalized spacial score (nSPS) is 11.0. The SMILES string of the molecule is C=C/C=C(\C=C/C)c1cnc(Nc2ccc(N=C)c(SC)c2)o1.CC. The molecule has 132 valence electrons. The molecule has 2 rings (SSSR count). The number of nitrogens with zero attached hydrogens (tertiary/aromatic N) is 2. The molecule has 0 aliphatic rings. The van der Waals surface area contributed by atoms with Gasteiger partial charge in [-0.15, -0.1) is 11.8 Å². The predicted octanol–water partition coefficient (Wildman–Crippen LogP) is 6.64. The molecule has 0 amide bonds. The van der Waals surface area contributed by atoms with Gasteiger partial charge in [0.05, 0.1) is 11.9 Å². The van der Waals surface area contributed by atoms with Crippen LogP contribution in [0, 0.1) is 0 Å². The fourth-order valence-electron chi connectivity index (χ4n) is 2.00. The molecule has 2 aromatic rings. The minimum atomic E-state index is 0.436. The lowest BCUT2D eigenvalue weighted by molar-refractivity contribution is 0.565. The number of rotatable bonds is 7. The van der Waals surface area contributed by atoms with Crippen LogP contribution in [0.15, 0.2) is 69.6 Å². The maximum absolute atomic E-state index is 5.75. The molecular formula is C20H25N3OS. The Kier molecular flexibility index (Phi) is 9.11. The van der Waals surface area contributed by atoms with Gasteiger partial charge in [0.1, 0.15) is 0 Å². The molecule has 0 aliphatic heterocycles. The van der Waals surface area contributed by atoms with Gasteiger partial charge >= 0.3 is 0 Å². The van der Waals surface area contributed by atoms with E-state index in [-0.39, 0.29) is 0 Å². The van der Waals surface area contributed by atoms with E-state index in [1.165, 1.54) is 0 Å². The van der Waals surface area contributed by atoms with Crippen molar-refractivity contribution in [1.29, 1.82) is 0 Å². The summed E-state index contributed by atoms with van der Waals surface area (Å²) in [6.07, 6.45) is 11.2. The summed E-state index contributed by atoms with van der Waals surface area (Å²) in [5, 5.41) is 3.16. The Labute approximate surface area is 154 Å². The van der Waals surface area contributed by atoms with E-state index < -0.39 is 0 Å². The van der Waals surface area contributed by atoms with Crippen LogP contribution in [0.25, 0.3) is 5.57 Å². The Morgan fingerprint density at radius 1 is 1.36 bits per heavy atom. The monoisotopic (exact) mass is 355 g/mol. The maximum atomic E-state index is 5.75. The number of thioether (sulfide) groups is 1. The number of anilines is 2. The smallest absolute Gasteiger partial charge is 0.299 e. The molecular weight excluding hydrogens is 330 g/mol. The lowest BCUT2D eigenvalue weighted by Crippen LogP contribution is -1.90. The van der Waals surface area contributed by atoms with E-state index in [1.807, 2.05) is 63.5 Å². The Morgan fingerprint density at radius 2 is 2.12 bits per heavy atom. The number of oxazole rings is 1. The Balaban J connectivity index is 0.00000151. The van der Waals surface area contributed by atoms with Crippen LogP contribution in [-0.4, -0.2) is 18.0 Å². The highest BCUT2D eigenvalue weighted by Crippen LogP contribution is 2.31. The highest BCUT2D eigenvalue weighted by atomic mass is 32.2. The zero-order valence-corrected chi connectivity index (χ0v) is 16.1. The first kappa shape index (κ1) is 20.5. The van der Waals surface area contributed by atoms with Crippen molar-refractivity contribution in [1.82, 2.24) is 4.98 Å². The number of aliphatic imine (C=N–C) groups is 1. The fourth-order valence-corrected chi connectivity index (χ4v) is 2.59. The minimum absolute atomic E-state index is 0.436. The molecule has 1 heterocycles. The molecule has 0 unspecified atom stereocenters. The van der Waals surface area contributed by atoms with Crippen LogP contribution in [0.2, 0.25) is 0 Å². The Morgan fingerprint density at radius 3 is 2.72 bits per heavy atom. The van der Waals surface area contributed by atoms with Crippen molar-refractivity contribution < 1.29 is 4.42 Å².